The standard InChI is InChI=1S/C14H17N/c1-15(2)11-13-9-6-10-14(13)12-7-4-3-5-8-12/h3-10,14H,11H2,1-2H3. The Morgan fingerprint density at radius 1 is 1.13 bits per heavy atom. The van der Waals surface area contributed by atoms with E-state index in [-0.39, 0.29) is 0 Å². The number of hydrogen-bond donors (Lipinski definition) is 0. The first-order chi connectivity index (χ1) is 7.27. The van der Waals surface area contributed by atoms with Crippen molar-refractivity contribution in [2.75, 3.05) is 20.6 Å². The Hall–Kier alpha value is -1.34. The Kier molecular flexibility index (Phi) is 3.02. The summed E-state index contributed by atoms with van der Waals surface area (Å²) in [5.74, 6) is 0.480. The van der Waals surface area contributed by atoms with E-state index in [1.165, 1.54) is 11.1 Å². The molecule has 0 aliphatic heterocycles. The van der Waals surface area contributed by atoms with Gasteiger partial charge in [0, 0.05) is 12.5 Å². The molecule has 0 N–H and O–H groups in total. The normalized spacial score (nSPS) is 19.7. The van der Waals surface area contributed by atoms with Crippen LogP contribution in [-0.2, 0) is 0 Å². The molecule has 0 saturated heterocycles. The predicted molar refractivity (Wildman–Crippen MR) is 65.0 cm³/mol. The molecule has 1 aromatic carbocycles. The summed E-state index contributed by atoms with van der Waals surface area (Å²) < 4.78 is 0. The molecule has 1 heteroatoms. The van der Waals surface area contributed by atoms with Crippen LogP contribution < -0.4 is 0 Å². The summed E-state index contributed by atoms with van der Waals surface area (Å²) in [5.41, 5.74) is 2.87. The smallest absolute Gasteiger partial charge is 0.0247 e. The lowest BCUT2D eigenvalue weighted by Gasteiger charge is -2.18. The maximum absolute atomic E-state index is 2.27. The van der Waals surface area contributed by atoms with Gasteiger partial charge in [-0.3, -0.25) is 0 Å². The maximum atomic E-state index is 2.27. The Morgan fingerprint density at radius 2 is 1.87 bits per heavy atom. The number of hydrogen-bond acceptors (Lipinski definition) is 1. The molecule has 0 aromatic heterocycles. The highest BCUT2D eigenvalue weighted by Crippen LogP contribution is 2.30. The Bertz CT molecular complexity index is 374. The van der Waals surface area contributed by atoms with Crippen LogP contribution in [0.25, 0.3) is 0 Å². The summed E-state index contributed by atoms with van der Waals surface area (Å²) in [7, 11) is 4.22. The van der Waals surface area contributed by atoms with E-state index in [4.69, 9.17) is 0 Å². The minimum absolute atomic E-state index is 0.480. The molecule has 0 saturated carbocycles. The second-order valence-corrected chi connectivity index (χ2v) is 4.25. The van der Waals surface area contributed by atoms with E-state index < -0.39 is 0 Å². The first-order valence-corrected chi connectivity index (χ1v) is 5.34. The summed E-state index contributed by atoms with van der Waals surface area (Å²) in [6.07, 6.45) is 6.67. The van der Waals surface area contributed by atoms with E-state index in [0.29, 0.717) is 5.92 Å². The summed E-state index contributed by atoms with van der Waals surface area (Å²) in [5, 5.41) is 0. The van der Waals surface area contributed by atoms with Gasteiger partial charge >= 0.3 is 0 Å². The molecular weight excluding hydrogens is 182 g/mol. The summed E-state index contributed by atoms with van der Waals surface area (Å²) >= 11 is 0. The van der Waals surface area contributed by atoms with Gasteiger partial charge < -0.3 is 4.90 Å². The van der Waals surface area contributed by atoms with Crippen molar-refractivity contribution in [2.45, 2.75) is 5.92 Å². The zero-order valence-corrected chi connectivity index (χ0v) is 9.35. The molecule has 78 valence electrons. The summed E-state index contributed by atoms with van der Waals surface area (Å²) in [6.45, 7) is 1.03. The average Bonchev–Trinajstić information content (AvgIpc) is 2.66. The Balaban J connectivity index is 2.17. The van der Waals surface area contributed by atoms with Gasteiger partial charge in [0.2, 0.25) is 0 Å². The second kappa shape index (κ2) is 4.45. The van der Waals surface area contributed by atoms with Crippen molar-refractivity contribution in [2.24, 2.45) is 0 Å². The van der Waals surface area contributed by atoms with E-state index in [1.54, 1.807) is 0 Å². The molecule has 1 aromatic rings. The maximum Gasteiger partial charge on any atom is 0.0247 e. The third-order valence-electron chi connectivity index (χ3n) is 2.67. The van der Waals surface area contributed by atoms with E-state index in [9.17, 15) is 0 Å². The van der Waals surface area contributed by atoms with Gasteiger partial charge in [-0.1, -0.05) is 48.6 Å². The van der Waals surface area contributed by atoms with E-state index in [1.807, 2.05) is 0 Å². The number of likely N-dealkylation sites (N-methyl/N-ethyl adjacent to an activating group) is 1. The quantitative estimate of drug-likeness (QED) is 0.723. The van der Waals surface area contributed by atoms with Gasteiger partial charge in [-0.05, 0) is 25.2 Å². The van der Waals surface area contributed by atoms with Crippen molar-refractivity contribution in [1.82, 2.24) is 4.90 Å². The molecule has 0 heterocycles. The van der Waals surface area contributed by atoms with Crippen molar-refractivity contribution in [3.05, 3.63) is 59.7 Å². The fourth-order valence-corrected chi connectivity index (χ4v) is 2.02. The molecule has 1 nitrogen and oxygen atoms in total. The van der Waals surface area contributed by atoms with Gasteiger partial charge in [0.25, 0.3) is 0 Å². The number of rotatable bonds is 3. The fraction of sp³-hybridized carbons (Fsp3) is 0.286. The zero-order valence-electron chi connectivity index (χ0n) is 9.35. The number of benzene rings is 1. The highest BCUT2D eigenvalue weighted by molar-refractivity contribution is 5.41. The second-order valence-electron chi connectivity index (χ2n) is 4.25. The topological polar surface area (TPSA) is 3.24 Å². The van der Waals surface area contributed by atoms with E-state index in [0.717, 1.165) is 6.54 Å². The molecule has 0 bridgehead atoms. The third-order valence-corrected chi connectivity index (χ3v) is 2.67. The lowest BCUT2D eigenvalue weighted by Crippen LogP contribution is -2.17. The van der Waals surface area contributed by atoms with Gasteiger partial charge in [-0.25, -0.2) is 0 Å². The van der Waals surface area contributed by atoms with Gasteiger partial charge in [0.15, 0.2) is 0 Å². The molecule has 1 unspecified atom stereocenters. The zero-order chi connectivity index (χ0) is 10.7. The van der Waals surface area contributed by atoms with Crippen molar-refractivity contribution >= 4 is 0 Å². The third kappa shape index (κ3) is 2.37. The van der Waals surface area contributed by atoms with Crippen LogP contribution in [0.3, 0.4) is 0 Å². The first kappa shape index (κ1) is 10.2. The number of nitrogens with zero attached hydrogens (tertiary/aromatic N) is 1. The van der Waals surface area contributed by atoms with Crippen LogP contribution in [0, 0.1) is 0 Å². The van der Waals surface area contributed by atoms with Gasteiger partial charge in [-0.15, -0.1) is 0 Å². The van der Waals surface area contributed by atoms with E-state index in [2.05, 4.69) is 67.6 Å². The lowest BCUT2D eigenvalue weighted by atomic mass is 9.94. The SMILES string of the molecule is CN(C)CC1=CC=CC1c1ccccc1. The van der Waals surface area contributed by atoms with Gasteiger partial charge in [0.05, 0.1) is 0 Å². The van der Waals surface area contributed by atoms with Crippen molar-refractivity contribution in [3.8, 4) is 0 Å². The van der Waals surface area contributed by atoms with Gasteiger partial charge in [0.1, 0.15) is 0 Å². The Labute approximate surface area is 91.7 Å². The molecule has 0 fully saturated rings. The van der Waals surface area contributed by atoms with Crippen LogP contribution in [0.15, 0.2) is 54.1 Å². The molecule has 1 aliphatic rings. The van der Waals surface area contributed by atoms with Crippen LogP contribution in [0.5, 0.6) is 0 Å². The summed E-state index contributed by atoms with van der Waals surface area (Å²) in [6, 6.07) is 10.7. The summed E-state index contributed by atoms with van der Waals surface area (Å²) in [4.78, 5) is 2.22. The van der Waals surface area contributed by atoms with Crippen molar-refractivity contribution in [3.63, 3.8) is 0 Å². The Morgan fingerprint density at radius 3 is 2.53 bits per heavy atom. The molecule has 0 spiro atoms. The lowest BCUT2D eigenvalue weighted by molar-refractivity contribution is 0.439. The van der Waals surface area contributed by atoms with Crippen LogP contribution in [0.1, 0.15) is 11.5 Å². The molecule has 15 heavy (non-hydrogen) atoms. The van der Waals surface area contributed by atoms with Crippen LogP contribution >= 0.6 is 0 Å². The van der Waals surface area contributed by atoms with E-state index >= 15 is 0 Å². The van der Waals surface area contributed by atoms with Crippen molar-refractivity contribution in [1.29, 1.82) is 0 Å². The minimum Gasteiger partial charge on any atom is -0.305 e. The minimum atomic E-state index is 0.480. The first-order valence-electron chi connectivity index (χ1n) is 5.34. The molecular formula is C14H17N. The molecule has 1 aliphatic carbocycles. The predicted octanol–water partition coefficient (Wildman–Crippen LogP) is 2.83. The van der Waals surface area contributed by atoms with Crippen LogP contribution in [0.4, 0.5) is 0 Å². The largest absolute Gasteiger partial charge is 0.305 e. The molecule has 0 radical (unpaired) electrons. The van der Waals surface area contributed by atoms with Crippen molar-refractivity contribution < 1.29 is 0 Å². The fourth-order valence-electron chi connectivity index (χ4n) is 2.02. The van der Waals surface area contributed by atoms with Gasteiger partial charge in [-0.2, -0.15) is 0 Å². The molecule has 2 rings (SSSR count). The molecule has 1 atom stereocenters. The van der Waals surface area contributed by atoms with Crippen LogP contribution in [0.2, 0.25) is 0 Å². The van der Waals surface area contributed by atoms with Crippen LogP contribution in [-0.4, -0.2) is 25.5 Å². The molecule has 0 amide bonds. The highest BCUT2D eigenvalue weighted by atomic mass is 15.0. The monoisotopic (exact) mass is 199 g/mol. The highest BCUT2D eigenvalue weighted by Gasteiger charge is 2.16. The average molecular weight is 199 g/mol. The number of allylic oxidation sites excluding steroid dienone is 3.